The Hall–Kier alpha value is -2.35. The van der Waals surface area contributed by atoms with Crippen LogP contribution in [-0.4, -0.2) is 52.8 Å². The molecule has 190 valence electrons. The van der Waals surface area contributed by atoms with E-state index in [0.29, 0.717) is 25.7 Å². The number of aliphatic hydroxyl groups excluding tert-OH is 1. The van der Waals surface area contributed by atoms with Crippen molar-refractivity contribution in [2.24, 2.45) is 33.7 Å². The van der Waals surface area contributed by atoms with Gasteiger partial charge in [0.05, 0.1) is 6.10 Å². The zero-order valence-electron chi connectivity index (χ0n) is 20.7. The number of ketones is 2. The molecule has 0 spiro atoms. The highest BCUT2D eigenvalue weighted by molar-refractivity contribution is 6.01. The molecule has 0 saturated heterocycles. The minimum atomic E-state index is -1.95. The molecule has 1 heterocycles. The first-order chi connectivity index (χ1) is 16.5. The lowest BCUT2D eigenvalue weighted by Gasteiger charge is -2.62. The molecule has 3 saturated carbocycles. The summed E-state index contributed by atoms with van der Waals surface area (Å²) < 4.78 is 22.6. The highest BCUT2D eigenvalue weighted by atomic mass is 19.1. The van der Waals surface area contributed by atoms with Gasteiger partial charge in [-0.05, 0) is 57.1 Å². The van der Waals surface area contributed by atoms with Gasteiger partial charge in [-0.3, -0.25) is 19.8 Å². The molecule has 4 aliphatic carbocycles. The second-order valence-electron chi connectivity index (χ2n) is 11.5. The summed E-state index contributed by atoms with van der Waals surface area (Å²) in [5.74, 6) is -1.79. The van der Waals surface area contributed by atoms with E-state index in [1.807, 2.05) is 13.8 Å². The number of esters is 1. The predicted octanol–water partition coefficient (Wildman–Crippen LogP) is 3.21. The Morgan fingerprint density at radius 1 is 1.31 bits per heavy atom. The van der Waals surface area contributed by atoms with Crippen molar-refractivity contribution >= 4 is 23.8 Å². The van der Waals surface area contributed by atoms with Crippen LogP contribution < -0.4 is 5.43 Å². The van der Waals surface area contributed by atoms with Gasteiger partial charge >= 0.3 is 5.97 Å². The normalized spacial score (nSPS) is 45.1. The minimum absolute atomic E-state index is 0.0672. The third-order valence-electron chi connectivity index (χ3n) is 10.0. The smallest absolute Gasteiger partial charge is 0.306 e. The summed E-state index contributed by atoms with van der Waals surface area (Å²) in [6.07, 6.45) is 8.46. The van der Waals surface area contributed by atoms with Crippen LogP contribution in [0.15, 0.2) is 28.9 Å². The molecular formula is C27H35FN2O5. The van der Waals surface area contributed by atoms with Crippen molar-refractivity contribution in [3.63, 3.8) is 0 Å². The van der Waals surface area contributed by atoms with Crippen LogP contribution in [0.1, 0.15) is 65.7 Å². The highest BCUT2D eigenvalue weighted by Gasteiger charge is 2.77. The fraction of sp³-hybridized carbons (Fsp3) is 0.704. The number of Topliss-reactive ketones (excluding diaryl/α,β-unsaturated/α-hetero) is 1. The Balaban J connectivity index is 1.48. The SMILES string of the molecule is CCCCC(=O)OCC(=O)[C@@]12NN=C[C@@H]1C[C@H]1[C@@H]3CCC4=CC(=O)C=C[C@]4(C)[C@@]3(F)[C@@H](O)C[C@@]12C. The topological polar surface area (TPSA) is 105 Å². The summed E-state index contributed by atoms with van der Waals surface area (Å²) in [6, 6.07) is 0. The quantitative estimate of drug-likeness (QED) is 0.559. The van der Waals surface area contributed by atoms with E-state index in [1.54, 1.807) is 19.2 Å². The molecule has 5 aliphatic rings. The molecule has 7 nitrogen and oxygen atoms in total. The third-order valence-corrected chi connectivity index (χ3v) is 10.0. The number of rotatable bonds is 6. The highest BCUT2D eigenvalue weighted by Crippen LogP contribution is 2.71. The molecular weight excluding hydrogens is 451 g/mol. The van der Waals surface area contributed by atoms with Crippen molar-refractivity contribution in [3.05, 3.63) is 23.8 Å². The number of unbranched alkanes of at least 4 members (excludes halogenated alkanes) is 1. The van der Waals surface area contributed by atoms with Crippen LogP contribution in [0.5, 0.6) is 0 Å². The first-order valence-corrected chi connectivity index (χ1v) is 12.8. The van der Waals surface area contributed by atoms with E-state index in [0.717, 1.165) is 12.0 Å². The molecule has 1 aliphatic heterocycles. The van der Waals surface area contributed by atoms with E-state index in [1.165, 1.54) is 12.2 Å². The number of nitrogens with zero attached hydrogens (tertiary/aromatic N) is 1. The second kappa shape index (κ2) is 8.08. The predicted molar refractivity (Wildman–Crippen MR) is 127 cm³/mol. The van der Waals surface area contributed by atoms with Crippen LogP contribution in [0.3, 0.4) is 0 Å². The van der Waals surface area contributed by atoms with E-state index in [2.05, 4.69) is 10.5 Å². The molecule has 0 unspecified atom stereocenters. The Morgan fingerprint density at radius 3 is 2.83 bits per heavy atom. The lowest BCUT2D eigenvalue weighted by Crippen LogP contribution is -2.71. The Bertz CT molecular complexity index is 1050. The number of hydrogen-bond acceptors (Lipinski definition) is 7. The third kappa shape index (κ3) is 3.04. The van der Waals surface area contributed by atoms with Gasteiger partial charge in [0.25, 0.3) is 0 Å². The molecule has 8 heteroatoms. The summed E-state index contributed by atoms with van der Waals surface area (Å²) in [6.45, 7) is 5.35. The van der Waals surface area contributed by atoms with E-state index < -0.39 is 40.0 Å². The fourth-order valence-corrected chi connectivity index (χ4v) is 8.18. The molecule has 5 rings (SSSR count). The summed E-state index contributed by atoms with van der Waals surface area (Å²) in [5.41, 5.74) is -1.17. The molecule has 0 aromatic carbocycles. The molecule has 0 amide bonds. The van der Waals surface area contributed by atoms with Crippen LogP contribution in [-0.2, 0) is 19.1 Å². The van der Waals surface area contributed by atoms with Crippen molar-refractivity contribution in [2.75, 3.05) is 6.61 Å². The monoisotopic (exact) mass is 486 g/mol. The van der Waals surface area contributed by atoms with E-state index in [-0.39, 0.29) is 42.9 Å². The van der Waals surface area contributed by atoms with Gasteiger partial charge in [0.2, 0.25) is 0 Å². The Kier molecular flexibility index (Phi) is 5.62. The number of halogens is 1. The zero-order valence-corrected chi connectivity index (χ0v) is 20.7. The largest absolute Gasteiger partial charge is 0.458 e. The van der Waals surface area contributed by atoms with E-state index >= 15 is 4.39 Å². The number of nitrogens with one attached hydrogen (secondary N) is 1. The number of hydrazone groups is 1. The van der Waals surface area contributed by atoms with Crippen molar-refractivity contribution < 1.29 is 28.6 Å². The van der Waals surface area contributed by atoms with E-state index in [4.69, 9.17) is 4.74 Å². The van der Waals surface area contributed by atoms with Gasteiger partial charge in [-0.15, -0.1) is 0 Å². The van der Waals surface area contributed by atoms with E-state index in [9.17, 15) is 19.5 Å². The summed E-state index contributed by atoms with van der Waals surface area (Å²) in [5, 5.41) is 15.7. The molecule has 0 radical (unpaired) electrons. The van der Waals surface area contributed by atoms with Gasteiger partial charge < -0.3 is 9.84 Å². The number of allylic oxidation sites excluding steroid dienone is 4. The van der Waals surface area contributed by atoms with Crippen LogP contribution in [0.4, 0.5) is 4.39 Å². The van der Waals surface area contributed by atoms with Gasteiger partial charge in [-0.2, -0.15) is 5.10 Å². The summed E-state index contributed by atoms with van der Waals surface area (Å²) in [4.78, 5) is 37.8. The molecule has 0 aromatic rings. The molecule has 3 fully saturated rings. The molecule has 0 aromatic heterocycles. The standard InChI is InChI=1S/C27H35FN2O5/c1-4-5-6-23(34)35-15-22(33)27-17(14-29-30-27)12-20-19-8-7-16-11-18(31)9-10-24(16,2)26(19,28)21(32)13-25(20,27)3/h9-11,14,17,19-21,30,32H,4-8,12-13,15H2,1-3H3/t17-,19-,20-,21-,24-,25-,26-,27-/m0/s1. The first-order valence-electron chi connectivity index (χ1n) is 12.8. The Morgan fingerprint density at radius 2 is 2.09 bits per heavy atom. The number of alkyl halides is 1. The molecule has 8 atom stereocenters. The van der Waals surface area contributed by atoms with Crippen molar-refractivity contribution in [3.8, 4) is 0 Å². The van der Waals surface area contributed by atoms with Crippen LogP contribution in [0.25, 0.3) is 0 Å². The molecule has 2 N–H and O–H groups in total. The fourth-order valence-electron chi connectivity index (χ4n) is 8.18. The van der Waals surface area contributed by atoms with Crippen LogP contribution in [0.2, 0.25) is 0 Å². The second-order valence-corrected chi connectivity index (χ2v) is 11.5. The van der Waals surface area contributed by atoms with Gasteiger partial charge in [-0.25, -0.2) is 4.39 Å². The van der Waals surface area contributed by atoms with Gasteiger partial charge in [0, 0.05) is 35.3 Å². The molecule has 35 heavy (non-hydrogen) atoms. The maximum absolute atomic E-state index is 17.3. The van der Waals surface area contributed by atoms with Crippen molar-refractivity contribution in [2.45, 2.75) is 83.0 Å². The summed E-state index contributed by atoms with van der Waals surface area (Å²) >= 11 is 0. The zero-order chi connectivity index (χ0) is 25.2. The van der Waals surface area contributed by atoms with Crippen molar-refractivity contribution in [1.82, 2.24) is 5.43 Å². The number of ether oxygens (including phenoxy) is 1. The Labute approximate surface area is 205 Å². The summed E-state index contributed by atoms with van der Waals surface area (Å²) in [7, 11) is 0. The maximum Gasteiger partial charge on any atom is 0.306 e. The number of hydrogen-bond donors (Lipinski definition) is 2. The van der Waals surface area contributed by atoms with Crippen LogP contribution >= 0.6 is 0 Å². The lowest BCUT2D eigenvalue weighted by atomic mass is 9.44. The van der Waals surface area contributed by atoms with Gasteiger partial charge in [-0.1, -0.05) is 31.9 Å². The number of carbonyl (C=O) groups excluding carboxylic acids is 3. The lowest BCUT2D eigenvalue weighted by molar-refractivity contribution is -0.200. The van der Waals surface area contributed by atoms with Gasteiger partial charge in [0.1, 0.15) is 5.54 Å². The van der Waals surface area contributed by atoms with Crippen LogP contribution in [0, 0.1) is 28.6 Å². The average molecular weight is 487 g/mol. The number of aliphatic hydroxyl groups is 1. The first kappa shape index (κ1) is 24.3. The molecule has 0 bridgehead atoms. The number of fused-ring (bicyclic) bond motifs is 7. The van der Waals surface area contributed by atoms with Gasteiger partial charge in [0.15, 0.2) is 23.8 Å². The number of carbonyl (C=O) groups is 3. The maximum atomic E-state index is 17.3. The minimum Gasteiger partial charge on any atom is -0.458 e. The average Bonchev–Trinajstić information content (AvgIpc) is 3.35. The van der Waals surface area contributed by atoms with Crippen molar-refractivity contribution in [1.29, 1.82) is 0 Å².